The van der Waals surface area contributed by atoms with Crippen molar-refractivity contribution in [2.24, 2.45) is 12.8 Å². The van der Waals surface area contributed by atoms with Crippen molar-refractivity contribution in [2.45, 2.75) is 12.7 Å². The molecule has 0 spiro atoms. The van der Waals surface area contributed by atoms with Crippen molar-refractivity contribution >= 4 is 22.7 Å². The second kappa shape index (κ2) is 12.0. The molecule has 3 aromatic heterocycles. The predicted octanol–water partition coefficient (Wildman–Crippen LogP) is 5.50. The third kappa shape index (κ3) is 6.36. The van der Waals surface area contributed by atoms with E-state index < -0.39 is 17.6 Å². The summed E-state index contributed by atoms with van der Waals surface area (Å²) in [4.78, 5) is 37.9. The predicted molar refractivity (Wildman–Crippen MR) is 162 cm³/mol. The summed E-state index contributed by atoms with van der Waals surface area (Å²) in [5.74, 6) is -0.231. The van der Waals surface area contributed by atoms with Crippen LogP contribution in [-0.2, 0) is 19.8 Å². The van der Waals surface area contributed by atoms with Crippen molar-refractivity contribution in [3.63, 3.8) is 0 Å². The smallest absolute Gasteiger partial charge is 0.416 e. The first kappa shape index (κ1) is 29.8. The Bertz CT molecular complexity index is 1870. The molecule has 1 saturated heterocycles. The number of aromatic nitrogens is 3. The van der Waals surface area contributed by atoms with Gasteiger partial charge in [0.15, 0.2) is 0 Å². The Morgan fingerprint density at radius 3 is 2.42 bits per heavy atom. The topological polar surface area (TPSA) is 107 Å². The Labute approximate surface area is 256 Å². The lowest BCUT2D eigenvalue weighted by Gasteiger charge is -2.34. The zero-order valence-corrected chi connectivity index (χ0v) is 24.3. The van der Waals surface area contributed by atoms with Gasteiger partial charge in [-0.3, -0.25) is 19.5 Å². The fourth-order valence-electron chi connectivity index (χ4n) is 5.51. The SMILES string of the molecule is Cn1c(C(=O)N2CCN(Cc3cccnc3)CC2)cc2cc(Oc3ccc(-c4cc(C(F)(F)F)ccc4C(N)=O)cn3)ccc21. The number of primary amides is 1. The largest absolute Gasteiger partial charge is 0.439 e. The fourth-order valence-corrected chi connectivity index (χ4v) is 5.51. The summed E-state index contributed by atoms with van der Waals surface area (Å²) in [6, 6.07) is 17.0. The Kier molecular flexibility index (Phi) is 7.98. The number of nitrogens with two attached hydrogens (primary N) is 1. The van der Waals surface area contributed by atoms with Crippen molar-refractivity contribution in [3.8, 4) is 22.8 Å². The second-order valence-electron chi connectivity index (χ2n) is 10.8. The van der Waals surface area contributed by atoms with Crippen LogP contribution in [0.15, 0.2) is 85.3 Å². The molecule has 1 aliphatic rings. The summed E-state index contributed by atoms with van der Waals surface area (Å²) in [5.41, 5.74) is 7.31. The molecule has 4 heterocycles. The van der Waals surface area contributed by atoms with Gasteiger partial charge in [0.1, 0.15) is 11.4 Å². The van der Waals surface area contributed by atoms with Crippen LogP contribution in [0.2, 0.25) is 0 Å². The zero-order valence-electron chi connectivity index (χ0n) is 24.3. The molecule has 2 amide bonds. The van der Waals surface area contributed by atoms with Gasteiger partial charge in [0.25, 0.3) is 5.91 Å². The Hall–Kier alpha value is -5.23. The van der Waals surface area contributed by atoms with Gasteiger partial charge in [-0.2, -0.15) is 13.2 Å². The summed E-state index contributed by atoms with van der Waals surface area (Å²) in [6.45, 7) is 3.58. The molecule has 9 nitrogen and oxygen atoms in total. The molecular formula is C33H29F3N6O3. The van der Waals surface area contributed by atoms with E-state index in [1.807, 2.05) is 47.0 Å². The molecule has 2 aromatic carbocycles. The van der Waals surface area contributed by atoms with Crippen molar-refractivity contribution in [3.05, 3.63) is 108 Å². The number of alkyl halides is 3. The van der Waals surface area contributed by atoms with Gasteiger partial charge in [0.05, 0.1) is 5.56 Å². The van der Waals surface area contributed by atoms with Crippen LogP contribution >= 0.6 is 0 Å². The minimum Gasteiger partial charge on any atom is -0.439 e. The van der Waals surface area contributed by atoms with Crippen molar-refractivity contribution in [1.29, 1.82) is 0 Å². The number of nitrogens with zero attached hydrogens (tertiary/aromatic N) is 5. The van der Waals surface area contributed by atoms with Crippen molar-refractivity contribution in [2.75, 3.05) is 26.2 Å². The highest BCUT2D eigenvalue weighted by Crippen LogP contribution is 2.35. The molecule has 5 aromatic rings. The minimum atomic E-state index is -4.59. The van der Waals surface area contributed by atoms with Gasteiger partial charge in [0.2, 0.25) is 11.8 Å². The highest BCUT2D eigenvalue weighted by atomic mass is 19.4. The molecule has 230 valence electrons. The van der Waals surface area contributed by atoms with Crippen LogP contribution in [0.25, 0.3) is 22.0 Å². The van der Waals surface area contributed by atoms with Gasteiger partial charge in [0, 0.05) is 86.5 Å². The highest BCUT2D eigenvalue weighted by Gasteiger charge is 2.31. The van der Waals surface area contributed by atoms with E-state index in [0.29, 0.717) is 24.5 Å². The molecular weight excluding hydrogens is 585 g/mol. The van der Waals surface area contributed by atoms with Crippen LogP contribution in [-0.4, -0.2) is 62.3 Å². The van der Waals surface area contributed by atoms with E-state index in [0.717, 1.165) is 54.3 Å². The van der Waals surface area contributed by atoms with Crippen LogP contribution in [0.1, 0.15) is 32.0 Å². The van der Waals surface area contributed by atoms with Crippen LogP contribution in [0.5, 0.6) is 11.6 Å². The van der Waals surface area contributed by atoms with E-state index in [-0.39, 0.29) is 28.5 Å². The summed E-state index contributed by atoms with van der Waals surface area (Å²) in [5, 5.41) is 0.806. The molecule has 1 fully saturated rings. The first-order chi connectivity index (χ1) is 21.6. The maximum Gasteiger partial charge on any atom is 0.416 e. The zero-order chi connectivity index (χ0) is 31.7. The molecule has 1 aliphatic heterocycles. The molecule has 0 saturated carbocycles. The monoisotopic (exact) mass is 614 g/mol. The normalized spacial score (nSPS) is 14.1. The molecule has 2 N–H and O–H groups in total. The third-order valence-corrected chi connectivity index (χ3v) is 7.90. The van der Waals surface area contributed by atoms with Crippen LogP contribution in [0.3, 0.4) is 0 Å². The lowest BCUT2D eigenvalue weighted by atomic mass is 9.98. The van der Waals surface area contributed by atoms with Gasteiger partial charge in [-0.25, -0.2) is 4.98 Å². The molecule has 0 radical (unpaired) electrons. The Morgan fingerprint density at radius 1 is 0.956 bits per heavy atom. The number of hydrogen-bond donors (Lipinski definition) is 1. The number of amides is 2. The number of pyridine rings is 2. The molecule has 0 aliphatic carbocycles. The maximum atomic E-state index is 13.5. The average Bonchev–Trinajstić information content (AvgIpc) is 3.36. The maximum absolute atomic E-state index is 13.5. The standard InChI is InChI=1S/C33H29F3N6O3/c1-40-28-8-6-25(45-30-9-4-22(19-39-30)27-17-24(33(34,35)36)5-7-26(27)31(37)43)15-23(28)16-29(40)32(44)42-13-11-41(12-14-42)20-21-3-2-10-38-18-21/h2-10,15-19H,11-14,20H2,1H3,(H2,37,43). The number of ether oxygens (including phenoxy) is 1. The number of aryl methyl sites for hydroxylation is 1. The third-order valence-electron chi connectivity index (χ3n) is 7.90. The highest BCUT2D eigenvalue weighted by molar-refractivity contribution is 6.00. The van der Waals surface area contributed by atoms with Gasteiger partial charge in [-0.1, -0.05) is 6.07 Å². The molecule has 6 rings (SSSR count). The number of halogens is 3. The molecule has 0 bridgehead atoms. The van der Waals surface area contributed by atoms with Crippen LogP contribution in [0, 0.1) is 0 Å². The quantitative estimate of drug-likeness (QED) is 0.260. The van der Waals surface area contributed by atoms with E-state index in [2.05, 4.69) is 14.9 Å². The fraction of sp³-hybridized carbons (Fsp3) is 0.212. The summed E-state index contributed by atoms with van der Waals surface area (Å²) in [7, 11) is 1.85. The first-order valence-corrected chi connectivity index (χ1v) is 14.2. The molecule has 12 heteroatoms. The number of fused-ring (bicyclic) bond motifs is 1. The van der Waals surface area contributed by atoms with Gasteiger partial charge in [-0.05, 0) is 65.7 Å². The minimum absolute atomic E-state index is 0.0224. The van der Waals surface area contributed by atoms with E-state index >= 15 is 0 Å². The van der Waals surface area contributed by atoms with Crippen molar-refractivity contribution in [1.82, 2.24) is 24.3 Å². The second-order valence-corrected chi connectivity index (χ2v) is 10.8. The molecule has 45 heavy (non-hydrogen) atoms. The van der Waals surface area contributed by atoms with Crippen molar-refractivity contribution < 1.29 is 27.5 Å². The number of benzene rings is 2. The van der Waals surface area contributed by atoms with Gasteiger partial charge >= 0.3 is 6.18 Å². The number of piperazine rings is 1. The van der Waals surface area contributed by atoms with E-state index in [1.54, 1.807) is 18.3 Å². The first-order valence-electron chi connectivity index (χ1n) is 14.2. The average molecular weight is 615 g/mol. The van der Waals surface area contributed by atoms with Crippen LogP contribution in [0.4, 0.5) is 13.2 Å². The Balaban J connectivity index is 1.15. The van der Waals surface area contributed by atoms with E-state index in [9.17, 15) is 22.8 Å². The van der Waals surface area contributed by atoms with Gasteiger partial charge in [-0.15, -0.1) is 0 Å². The number of carbonyl (C=O) groups excluding carboxylic acids is 2. The lowest BCUT2D eigenvalue weighted by molar-refractivity contribution is -0.137. The van der Waals surface area contributed by atoms with E-state index in [1.165, 1.54) is 18.3 Å². The molecule has 0 atom stereocenters. The number of hydrogen-bond acceptors (Lipinski definition) is 6. The van der Waals surface area contributed by atoms with E-state index in [4.69, 9.17) is 10.5 Å². The number of carbonyl (C=O) groups is 2. The molecule has 0 unspecified atom stereocenters. The summed E-state index contributed by atoms with van der Waals surface area (Å²) in [6.07, 6.45) is 0.351. The Morgan fingerprint density at radius 2 is 1.76 bits per heavy atom. The van der Waals surface area contributed by atoms with Gasteiger partial charge < -0.3 is 19.9 Å². The van der Waals surface area contributed by atoms with Crippen LogP contribution < -0.4 is 10.5 Å². The summed E-state index contributed by atoms with van der Waals surface area (Å²) < 4.78 is 47.7. The summed E-state index contributed by atoms with van der Waals surface area (Å²) >= 11 is 0. The lowest BCUT2D eigenvalue weighted by Crippen LogP contribution is -2.48. The number of rotatable bonds is 7.